The van der Waals surface area contributed by atoms with Crippen LogP contribution in [0.1, 0.15) is 63.6 Å². The number of rotatable bonds is 12. The molecule has 0 spiro atoms. The summed E-state index contributed by atoms with van der Waals surface area (Å²) in [6, 6.07) is 8.81. The van der Waals surface area contributed by atoms with Gasteiger partial charge in [0.2, 0.25) is 0 Å². The zero-order valence-corrected chi connectivity index (χ0v) is 28.5. The molecule has 0 aliphatic heterocycles. The van der Waals surface area contributed by atoms with Gasteiger partial charge in [0.25, 0.3) is 0 Å². The van der Waals surface area contributed by atoms with E-state index in [2.05, 4.69) is 72.0 Å². The van der Waals surface area contributed by atoms with E-state index in [0.717, 1.165) is 72.5 Å². The fraction of sp³-hybridized carbons (Fsp3) is 0.457. The van der Waals surface area contributed by atoms with Gasteiger partial charge in [0.15, 0.2) is 0 Å². The maximum absolute atomic E-state index is 13.2. The number of thiazole rings is 1. The first-order valence-corrected chi connectivity index (χ1v) is 17.3. The monoisotopic (exact) mass is 655 g/mol. The Labute approximate surface area is 280 Å². The van der Waals surface area contributed by atoms with E-state index in [4.69, 9.17) is 10.5 Å². The van der Waals surface area contributed by atoms with E-state index in [0.29, 0.717) is 30.9 Å². The van der Waals surface area contributed by atoms with E-state index in [-0.39, 0.29) is 6.09 Å². The van der Waals surface area contributed by atoms with Crippen LogP contribution in [0.25, 0.3) is 21.6 Å². The molecule has 1 amide bonds. The minimum absolute atomic E-state index is 0.265. The summed E-state index contributed by atoms with van der Waals surface area (Å²) in [7, 11) is 0. The van der Waals surface area contributed by atoms with Crippen molar-refractivity contribution < 1.29 is 9.53 Å². The summed E-state index contributed by atoms with van der Waals surface area (Å²) in [5, 5.41) is 11.0. The molecule has 4 heterocycles. The maximum atomic E-state index is 13.2. The molecular weight excluding hydrogens is 611 g/mol. The van der Waals surface area contributed by atoms with Gasteiger partial charge in [0, 0.05) is 61.8 Å². The van der Waals surface area contributed by atoms with Crippen molar-refractivity contribution >= 4 is 40.0 Å². The van der Waals surface area contributed by atoms with Gasteiger partial charge in [-0.3, -0.25) is 5.10 Å². The molecule has 0 saturated heterocycles. The first-order chi connectivity index (χ1) is 22.6. The van der Waals surface area contributed by atoms with E-state index < -0.39 is 5.60 Å². The van der Waals surface area contributed by atoms with Crippen molar-refractivity contribution in [2.75, 3.05) is 36.8 Å². The Morgan fingerprint density at radius 2 is 1.96 bits per heavy atom. The highest BCUT2D eigenvalue weighted by Gasteiger charge is 2.31. The van der Waals surface area contributed by atoms with Gasteiger partial charge in [0.1, 0.15) is 28.4 Å². The predicted octanol–water partition coefficient (Wildman–Crippen LogP) is 6.89. The van der Waals surface area contributed by atoms with E-state index in [9.17, 15) is 4.79 Å². The molecule has 12 heteroatoms. The minimum atomic E-state index is -0.551. The van der Waals surface area contributed by atoms with Crippen LogP contribution < -0.4 is 10.6 Å². The van der Waals surface area contributed by atoms with Crippen molar-refractivity contribution in [1.29, 1.82) is 0 Å². The lowest BCUT2D eigenvalue weighted by Gasteiger charge is -2.30. The fourth-order valence-electron chi connectivity index (χ4n) is 6.52. The molecule has 3 N–H and O–H groups in total. The molecule has 248 valence electrons. The molecule has 0 radical (unpaired) electrons. The Morgan fingerprint density at radius 1 is 1.13 bits per heavy atom. The van der Waals surface area contributed by atoms with Crippen molar-refractivity contribution in [1.82, 2.24) is 34.6 Å². The molecule has 1 aliphatic rings. The largest absolute Gasteiger partial charge is 0.444 e. The van der Waals surface area contributed by atoms with Crippen LogP contribution in [0.2, 0.25) is 0 Å². The molecule has 6 rings (SSSR count). The summed E-state index contributed by atoms with van der Waals surface area (Å²) in [5.41, 5.74) is 11.2. The number of carbonyl (C=O) groups excluding carboxylic acids is 1. The molecule has 0 unspecified atom stereocenters. The normalized spacial score (nSPS) is 16.5. The van der Waals surface area contributed by atoms with Crippen molar-refractivity contribution in [3.8, 4) is 10.6 Å². The number of anilines is 2. The topological polar surface area (TPSA) is 131 Å². The number of hydrogen-bond acceptors (Lipinski definition) is 9. The summed E-state index contributed by atoms with van der Waals surface area (Å²) >= 11 is 1.60. The molecule has 11 nitrogen and oxygen atoms in total. The second-order valence-electron chi connectivity index (χ2n) is 13.5. The summed E-state index contributed by atoms with van der Waals surface area (Å²) in [4.78, 5) is 31.0. The molecular formula is C35H45N9O2S. The number of ether oxygens (including phenoxy) is 1. The number of nitrogens with two attached hydrogens (primary N) is 1. The lowest BCUT2D eigenvalue weighted by molar-refractivity contribution is 0.0250. The Kier molecular flexibility index (Phi) is 9.76. The number of hydrogen-bond donors (Lipinski definition) is 2. The van der Waals surface area contributed by atoms with Crippen LogP contribution in [-0.4, -0.2) is 72.5 Å². The number of aromatic amines is 1. The summed E-state index contributed by atoms with van der Waals surface area (Å²) < 4.78 is 8.09. The lowest BCUT2D eigenvalue weighted by atomic mass is 10.1. The fourth-order valence-corrected chi connectivity index (χ4v) is 7.17. The van der Waals surface area contributed by atoms with Gasteiger partial charge in [-0.05, 0) is 71.3 Å². The Balaban J connectivity index is 1.12. The first kappa shape index (κ1) is 32.5. The van der Waals surface area contributed by atoms with Gasteiger partial charge in [-0.25, -0.2) is 19.7 Å². The smallest absolute Gasteiger partial charge is 0.410 e. The third-order valence-corrected chi connectivity index (χ3v) is 9.64. The van der Waals surface area contributed by atoms with Crippen molar-refractivity contribution in [3.05, 3.63) is 71.9 Å². The van der Waals surface area contributed by atoms with E-state index in [1.807, 2.05) is 49.6 Å². The van der Waals surface area contributed by atoms with Crippen molar-refractivity contribution in [2.45, 2.75) is 71.4 Å². The summed E-state index contributed by atoms with van der Waals surface area (Å²) in [5.74, 6) is 0.970. The van der Waals surface area contributed by atoms with Crippen LogP contribution in [-0.2, 0) is 11.2 Å². The van der Waals surface area contributed by atoms with Gasteiger partial charge in [-0.1, -0.05) is 29.8 Å². The molecule has 0 bridgehead atoms. The van der Waals surface area contributed by atoms with Crippen LogP contribution in [0.15, 0.2) is 60.8 Å². The highest BCUT2D eigenvalue weighted by Crippen LogP contribution is 2.41. The molecule has 1 saturated carbocycles. The van der Waals surface area contributed by atoms with Crippen LogP contribution in [0.4, 0.5) is 16.3 Å². The third-order valence-electron chi connectivity index (χ3n) is 8.83. The van der Waals surface area contributed by atoms with E-state index in [1.165, 1.54) is 11.1 Å². The zero-order valence-electron chi connectivity index (χ0n) is 27.7. The van der Waals surface area contributed by atoms with Crippen LogP contribution >= 0.6 is 11.3 Å². The summed E-state index contributed by atoms with van der Waals surface area (Å²) in [6.45, 7) is 10.7. The number of H-pyrrole nitrogens is 1. The van der Waals surface area contributed by atoms with Crippen LogP contribution in [0.3, 0.4) is 0 Å². The van der Waals surface area contributed by atoms with Gasteiger partial charge < -0.3 is 24.8 Å². The highest BCUT2D eigenvalue weighted by molar-refractivity contribution is 7.13. The second-order valence-corrected chi connectivity index (χ2v) is 14.4. The number of nitrogens with one attached hydrogen (secondary N) is 1. The van der Waals surface area contributed by atoms with Gasteiger partial charge in [-0.2, -0.15) is 5.10 Å². The first-order valence-electron chi connectivity index (χ1n) is 16.4. The number of nitrogen functional groups attached to an aromatic ring is 1. The number of carbonyl (C=O) groups is 1. The summed E-state index contributed by atoms with van der Waals surface area (Å²) in [6.07, 6.45) is 13.9. The highest BCUT2D eigenvalue weighted by atomic mass is 32.1. The lowest BCUT2D eigenvalue weighted by Crippen LogP contribution is -2.40. The molecule has 1 aromatic carbocycles. The number of nitrogens with zero attached hydrogens (tertiary/aromatic N) is 7. The quantitative estimate of drug-likeness (QED) is 0.149. The number of benzene rings is 1. The van der Waals surface area contributed by atoms with Gasteiger partial charge in [-0.15, -0.1) is 11.3 Å². The van der Waals surface area contributed by atoms with Crippen molar-refractivity contribution in [3.63, 3.8) is 0 Å². The Hall–Kier alpha value is -4.45. The SMILES string of the molecule is Cc1ccc(CCN(CCCN(C[C@@H]2CC[C@H](n3cc(-c4nccs4)c4c(N)ncnc43)C2)c2cn[nH]c2)C(=O)OC(C)(C)C)cc1. The molecule has 1 aliphatic carbocycles. The van der Waals surface area contributed by atoms with Gasteiger partial charge in [0.05, 0.1) is 17.3 Å². The Morgan fingerprint density at radius 3 is 2.68 bits per heavy atom. The third kappa shape index (κ3) is 7.93. The number of amides is 1. The number of aromatic nitrogens is 6. The number of fused-ring (bicyclic) bond motifs is 1. The van der Waals surface area contributed by atoms with E-state index in [1.54, 1.807) is 17.7 Å². The van der Waals surface area contributed by atoms with Crippen molar-refractivity contribution in [2.24, 2.45) is 5.92 Å². The average molecular weight is 656 g/mol. The van der Waals surface area contributed by atoms with Crippen LogP contribution in [0, 0.1) is 12.8 Å². The van der Waals surface area contributed by atoms with Crippen LogP contribution in [0.5, 0.6) is 0 Å². The molecule has 1 fully saturated rings. The number of aryl methyl sites for hydroxylation is 1. The standard InChI is InChI=1S/C35H45N9O2S/c1-24-6-8-25(9-7-24)12-16-42(34(45)46-35(2,3)4)14-5-15-43(28-19-40-41-20-28)21-26-10-11-27(18-26)44-22-29(33-37-13-17-47-33)30-31(36)38-23-39-32(30)44/h6-9,13,17,19-20,22-23,26-27H,5,10-12,14-16,18,21H2,1-4H3,(H,40,41)(H2,36,38,39)/t26-,27+/m1/s1. The molecule has 4 aromatic heterocycles. The predicted molar refractivity (Wildman–Crippen MR) is 188 cm³/mol. The van der Waals surface area contributed by atoms with Gasteiger partial charge >= 0.3 is 6.09 Å². The molecule has 5 aromatic rings. The molecule has 47 heavy (non-hydrogen) atoms. The second kappa shape index (κ2) is 14.1. The minimum Gasteiger partial charge on any atom is -0.444 e. The average Bonchev–Trinajstić information content (AvgIpc) is 3.85. The Bertz CT molecular complexity index is 1740. The maximum Gasteiger partial charge on any atom is 0.410 e. The molecule has 2 atom stereocenters. The van der Waals surface area contributed by atoms with E-state index >= 15 is 0 Å². The zero-order chi connectivity index (χ0) is 33.0.